The van der Waals surface area contributed by atoms with Crippen molar-refractivity contribution in [3.8, 4) is 11.1 Å². The number of aromatic nitrogens is 4. The fourth-order valence-electron chi connectivity index (χ4n) is 5.25. The lowest BCUT2D eigenvalue weighted by Crippen LogP contribution is -2.52. The molecule has 2 fully saturated rings. The van der Waals surface area contributed by atoms with Crippen LogP contribution in [0.1, 0.15) is 12.8 Å². The number of pyridine rings is 1. The van der Waals surface area contributed by atoms with Crippen molar-refractivity contribution in [2.24, 2.45) is 0 Å². The normalized spacial score (nSPS) is 19.0. The van der Waals surface area contributed by atoms with Crippen LogP contribution in [0.15, 0.2) is 49.1 Å². The van der Waals surface area contributed by atoms with Crippen LogP contribution in [0, 0.1) is 0 Å². The molecule has 2 saturated heterocycles. The monoisotopic (exact) mass is 461 g/mol. The second-order valence-electron chi connectivity index (χ2n) is 9.22. The topological polar surface area (TPSA) is 52.8 Å². The van der Waals surface area contributed by atoms with Crippen molar-refractivity contribution in [3.63, 3.8) is 0 Å². The van der Waals surface area contributed by atoms with Crippen LogP contribution < -0.4 is 4.90 Å². The van der Waals surface area contributed by atoms with Crippen LogP contribution in [0.3, 0.4) is 0 Å². The fraction of sp³-hybridized carbons (Fsp3) is 0.400. The molecular weight excluding hydrogens is 434 g/mol. The summed E-state index contributed by atoms with van der Waals surface area (Å²) >= 11 is 6.27. The van der Waals surface area contributed by atoms with Crippen LogP contribution in [-0.2, 0) is 0 Å². The molecule has 7 nitrogen and oxygen atoms in total. The highest BCUT2D eigenvalue weighted by Crippen LogP contribution is 2.32. The zero-order valence-corrected chi connectivity index (χ0v) is 19.6. The number of benzene rings is 1. The maximum atomic E-state index is 6.27. The standard InChI is InChI=1S/C25H28ClN7/c1-30-10-12-32(13-11-30)19-5-8-31(9-6-19)20-15-28-25-23(16-29-33(25)17-20)21-4-7-27-24-3-2-18(26)14-22(21)24/h2-4,7,14-17,19H,5-6,8-13H2,1H3. The Bertz CT molecular complexity index is 1290. The van der Waals surface area contributed by atoms with Crippen LogP contribution in [0.2, 0.25) is 5.02 Å². The highest BCUT2D eigenvalue weighted by atomic mass is 35.5. The van der Waals surface area contributed by atoms with E-state index in [2.05, 4.69) is 38.0 Å². The largest absolute Gasteiger partial charge is 0.369 e. The summed E-state index contributed by atoms with van der Waals surface area (Å²) in [5.74, 6) is 0. The van der Waals surface area contributed by atoms with Crippen molar-refractivity contribution in [1.29, 1.82) is 0 Å². The third-order valence-corrected chi connectivity index (χ3v) is 7.46. The van der Waals surface area contributed by atoms with E-state index in [1.165, 1.54) is 39.0 Å². The Balaban J connectivity index is 1.23. The first-order valence-electron chi connectivity index (χ1n) is 11.7. The Morgan fingerprint density at radius 2 is 1.73 bits per heavy atom. The number of piperazine rings is 1. The van der Waals surface area contributed by atoms with E-state index < -0.39 is 0 Å². The first-order chi connectivity index (χ1) is 16.2. The maximum absolute atomic E-state index is 6.27. The molecule has 8 heteroatoms. The summed E-state index contributed by atoms with van der Waals surface area (Å²) < 4.78 is 1.90. The molecule has 0 bridgehead atoms. The Hall–Kier alpha value is -2.74. The number of nitrogens with zero attached hydrogens (tertiary/aromatic N) is 7. The summed E-state index contributed by atoms with van der Waals surface area (Å²) in [6.07, 6.45) is 10.2. The lowest BCUT2D eigenvalue weighted by Gasteiger charge is -2.42. The molecule has 5 heterocycles. The van der Waals surface area contributed by atoms with Gasteiger partial charge in [0.05, 0.1) is 29.8 Å². The first kappa shape index (κ1) is 20.8. The molecule has 0 aliphatic carbocycles. The molecule has 0 unspecified atom stereocenters. The molecule has 0 N–H and O–H groups in total. The number of rotatable bonds is 3. The van der Waals surface area contributed by atoms with Crippen molar-refractivity contribution in [1.82, 2.24) is 29.4 Å². The Morgan fingerprint density at radius 3 is 2.55 bits per heavy atom. The van der Waals surface area contributed by atoms with Crippen LogP contribution >= 0.6 is 11.6 Å². The van der Waals surface area contributed by atoms with Gasteiger partial charge >= 0.3 is 0 Å². The predicted octanol–water partition coefficient (Wildman–Crippen LogP) is 3.81. The van der Waals surface area contributed by atoms with Gasteiger partial charge in [-0.2, -0.15) is 5.10 Å². The molecule has 2 aliphatic heterocycles. The summed E-state index contributed by atoms with van der Waals surface area (Å²) in [5, 5.41) is 6.35. The van der Waals surface area contributed by atoms with Gasteiger partial charge in [-0.15, -0.1) is 0 Å². The molecule has 3 aromatic heterocycles. The molecule has 33 heavy (non-hydrogen) atoms. The molecule has 0 radical (unpaired) electrons. The van der Waals surface area contributed by atoms with Crippen LogP contribution in [-0.4, -0.2) is 81.7 Å². The molecule has 0 saturated carbocycles. The predicted molar refractivity (Wildman–Crippen MR) is 133 cm³/mol. The van der Waals surface area contributed by atoms with E-state index in [4.69, 9.17) is 16.6 Å². The lowest BCUT2D eigenvalue weighted by molar-refractivity contribution is 0.0982. The number of fused-ring (bicyclic) bond motifs is 2. The summed E-state index contributed by atoms with van der Waals surface area (Å²) in [6, 6.07) is 8.49. The molecule has 0 amide bonds. The van der Waals surface area contributed by atoms with Crippen molar-refractivity contribution in [2.75, 3.05) is 51.2 Å². The maximum Gasteiger partial charge on any atom is 0.162 e. The molecule has 2 aliphatic rings. The minimum absolute atomic E-state index is 0.698. The minimum atomic E-state index is 0.698. The summed E-state index contributed by atoms with van der Waals surface area (Å²) in [7, 11) is 2.22. The summed E-state index contributed by atoms with van der Waals surface area (Å²) in [6.45, 7) is 6.87. The van der Waals surface area contributed by atoms with E-state index in [9.17, 15) is 0 Å². The van der Waals surface area contributed by atoms with Gasteiger partial charge < -0.3 is 9.80 Å². The second-order valence-corrected chi connectivity index (χ2v) is 9.65. The molecule has 0 atom stereocenters. The number of hydrogen-bond donors (Lipinski definition) is 0. The van der Waals surface area contributed by atoms with Gasteiger partial charge in [0.25, 0.3) is 0 Å². The van der Waals surface area contributed by atoms with Gasteiger partial charge in [-0.25, -0.2) is 9.50 Å². The number of anilines is 1. The first-order valence-corrected chi connectivity index (χ1v) is 12.1. The highest BCUT2D eigenvalue weighted by Gasteiger charge is 2.27. The van der Waals surface area contributed by atoms with Gasteiger partial charge in [0, 0.05) is 67.5 Å². The highest BCUT2D eigenvalue weighted by molar-refractivity contribution is 6.31. The molecular formula is C25H28ClN7. The number of hydrogen-bond acceptors (Lipinski definition) is 6. The van der Waals surface area contributed by atoms with Gasteiger partial charge in [0.15, 0.2) is 5.65 Å². The van der Waals surface area contributed by atoms with Gasteiger partial charge in [-0.3, -0.25) is 9.88 Å². The SMILES string of the molecule is CN1CCN(C2CCN(c3cnc4c(-c5ccnc6ccc(Cl)cc56)cnn4c3)CC2)CC1. The Morgan fingerprint density at radius 1 is 0.909 bits per heavy atom. The number of piperidine rings is 1. The van der Waals surface area contributed by atoms with E-state index in [0.29, 0.717) is 11.1 Å². The third kappa shape index (κ3) is 3.94. The second kappa shape index (κ2) is 8.56. The average Bonchev–Trinajstić information content (AvgIpc) is 3.27. The fourth-order valence-corrected chi connectivity index (χ4v) is 5.42. The summed E-state index contributed by atoms with van der Waals surface area (Å²) in [4.78, 5) is 16.9. The minimum Gasteiger partial charge on any atom is -0.369 e. The molecule has 0 spiro atoms. The lowest BCUT2D eigenvalue weighted by atomic mass is 10.0. The van der Waals surface area contributed by atoms with Crippen molar-refractivity contribution in [3.05, 3.63) is 54.1 Å². The van der Waals surface area contributed by atoms with E-state index in [0.717, 1.165) is 46.5 Å². The van der Waals surface area contributed by atoms with E-state index in [-0.39, 0.29) is 0 Å². The van der Waals surface area contributed by atoms with Crippen molar-refractivity contribution in [2.45, 2.75) is 18.9 Å². The molecule has 1 aromatic carbocycles. The zero-order chi connectivity index (χ0) is 22.4. The van der Waals surface area contributed by atoms with Gasteiger partial charge in [0.2, 0.25) is 0 Å². The molecule has 4 aromatic rings. The van der Waals surface area contributed by atoms with Crippen LogP contribution in [0.4, 0.5) is 5.69 Å². The molecule has 6 rings (SSSR count). The number of likely N-dealkylation sites (N-methyl/N-ethyl adjacent to an activating group) is 1. The summed E-state index contributed by atoms with van der Waals surface area (Å²) in [5.41, 5.74) is 4.93. The van der Waals surface area contributed by atoms with E-state index in [1.807, 2.05) is 47.4 Å². The van der Waals surface area contributed by atoms with Crippen molar-refractivity contribution >= 4 is 33.8 Å². The van der Waals surface area contributed by atoms with Gasteiger partial charge in [0.1, 0.15) is 0 Å². The van der Waals surface area contributed by atoms with Crippen molar-refractivity contribution < 1.29 is 0 Å². The number of halogens is 1. The zero-order valence-electron chi connectivity index (χ0n) is 18.9. The van der Waals surface area contributed by atoms with Crippen LogP contribution in [0.25, 0.3) is 27.7 Å². The van der Waals surface area contributed by atoms with E-state index in [1.54, 1.807) is 0 Å². The van der Waals surface area contributed by atoms with Crippen LogP contribution in [0.5, 0.6) is 0 Å². The average molecular weight is 462 g/mol. The molecule has 170 valence electrons. The van der Waals surface area contributed by atoms with E-state index >= 15 is 0 Å². The Labute approximate surface area is 198 Å². The quantitative estimate of drug-likeness (QED) is 0.462. The smallest absolute Gasteiger partial charge is 0.162 e. The van der Waals surface area contributed by atoms with Gasteiger partial charge in [-0.05, 0) is 49.7 Å². The van der Waals surface area contributed by atoms with Gasteiger partial charge in [-0.1, -0.05) is 11.6 Å². The Kier molecular flexibility index (Phi) is 5.40. The third-order valence-electron chi connectivity index (χ3n) is 7.22.